The maximum atomic E-state index is 11.4. The monoisotopic (exact) mass is 274 g/mol. The molecule has 0 aromatic carbocycles. The van der Waals surface area contributed by atoms with Gasteiger partial charge in [0.05, 0.1) is 6.61 Å². The normalized spacial score (nSPS) is 16.3. The molecule has 2 unspecified atom stereocenters. The molecule has 0 aliphatic carbocycles. The second kappa shape index (κ2) is 9.28. The number of carboxylic acids is 1. The van der Waals surface area contributed by atoms with Crippen molar-refractivity contribution in [3.8, 4) is 0 Å². The molecule has 0 aliphatic rings. The molecule has 0 saturated heterocycles. The Morgan fingerprint density at radius 2 is 2.05 bits per heavy atom. The Bertz CT molecular complexity index is 261. The first-order chi connectivity index (χ1) is 8.91. The van der Waals surface area contributed by atoms with Gasteiger partial charge in [-0.15, -0.1) is 0 Å². The Balaban J connectivity index is 4.50. The fourth-order valence-electron chi connectivity index (χ4n) is 2.36. The van der Waals surface area contributed by atoms with Crippen LogP contribution in [0.4, 0.5) is 0 Å². The van der Waals surface area contributed by atoms with Crippen molar-refractivity contribution in [1.29, 1.82) is 0 Å². The molecule has 0 aromatic heterocycles. The van der Waals surface area contributed by atoms with Crippen LogP contribution in [0, 0.1) is 0 Å². The molecule has 0 heterocycles. The number of aliphatic carboxylic acids is 1. The number of carboxylic acid groups (broad SMARTS) is 1. The number of likely N-dealkylation sites (N-methyl/N-ethyl adjacent to an activating group) is 2. The quantitative estimate of drug-likeness (QED) is 0.560. The van der Waals surface area contributed by atoms with Crippen LogP contribution in [0.25, 0.3) is 0 Å². The summed E-state index contributed by atoms with van der Waals surface area (Å²) in [6.45, 7) is 13.6. The van der Waals surface area contributed by atoms with Gasteiger partial charge in [-0.25, -0.2) is 0 Å². The molecular formula is C14H30N2O3. The van der Waals surface area contributed by atoms with Crippen molar-refractivity contribution in [2.75, 3.05) is 32.8 Å². The van der Waals surface area contributed by atoms with Gasteiger partial charge in [0.25, 0.3) is 0 Å². The van der Waals surface area contributed by atoms with E-state index in [0.717, 1.165) is 19.7 Å². The number of hydrogen-bond donors (Lipinski definition) is 2. The predicted octanol–water partition coefficient (Wildman–Crippen LogP) is 1.58. The zero-order chi connectivity index (χ0) is 14.9. The van der Waals surface area contributed by atoms with Gasteiger partial charge in [-0.2, -0.15) is 0 Å². The topological polar surface area (TPSA) is 61.8 Å². The number of ether oxygens (including phenoxy) is 1. The van der Waals surface area contributed by atoms with Crippen LogP contribution < -0.4 is 5.32 Å². The summed E-state index contributed by atoms with van der Waals surface area (Å²) in [5, 5.41) is 12.5. The van der Waals surface area contributed by atoms with E-state index in [1.54, 1.807) is 6.92 Å². The van der Waals surface area contributed by atoms with Gasteiger partial charge in [-0.3, -0.25) is 9.69 Å². The van der Waals surface area contributed by atoms with Gasteiger partial charge in [0.15, 0.2) is 0 Å². The van der Waals surface area contributed by atoms with Crippen LogP contribution in [0.15, 0.2) is 0 Å². The maximum Gasteiger partial charge on any atom is 0.323 e. The molecule has 0 fully saturated rings. The molecule has 0 rings (SSSR count). The lowest BCUT2D eigenvalue weighted by molar-refractivity contribution is -0.145. The van der Waals surface area contributed by atoms with E-state index in [9.17, 15) is 9.90 Å². The van der Waals surface area contributed by atoms with Gasteiger partial charge in [-0.1, -0.05) is 13.8 Å². The molecule has 0 saturated carbocycles. The summed E-state index contributed by atoms with van der Waals surface area (Å²) in [5.74, 6) is -0.790. The summed E-state index contributed by atoms with van der Waals surface area (Å²) in [4.78, 5) is 13.7. The van der Waals surface area contributed by atoms with E-state index in [4.69, 9.17) is 4.74 Å². The molecule has 2 atom stereocenters. The summed E-state index contributed by atoms with van der Waals surface area (Å²) in [6.07, 6.45) is 0.580. The fraction of sp³-hybridized carbons (Fsp3) is 0.929. The summed E-state index contributed by atoms with van der Waals surface area (Å²) in [5.41, 5.74) is -0.868. The molecule has 0 aliphatic heterocycles. The lowest BCUT2D eigenvalue weighted by Crippen LogP contribution is -2.53. The molecule has 114 valence electrons. The van der Waals surface area contributed by atoms with Crippen molar-refractivity contribution < 1.29 is 14.6 Å². The van der Waals surface area contributed by atoms with Crippen LogP contribution in [0.2, 0.25) is 0 Å². The Labute approximate surface area is 117 Å². The number of rotatable bonds is 11. The molecule has 0 spiro atoms. The molecule has 19 heavy (non-hydrogen) atoms. The smallest absolute Gasteiger partial charge is 0.323 e. The Hall–Kier alpha value is -0.650. The Morgan fingerprint density at radius 3 is 2.47 bits per heavy atom. The van der Waals surface area contributed by atoms with Crippen LogP contribution in [0.5, 0.6) is 0 Å². The molecule has 0 radical (unpaired) electrons. The van der Waals surface area contributed by atoms with Gasteiger partial charge >= 0.3 is 5.97 Å². The highest BCUT2D eigenvalue weighted by Gasteiger charge is 2.34. The highest BCUT2D eigenvalue weighted by molar-refractivity contribution is 5.78. The zero-order valence-corrected chi connectivity index (χ0v) is 13.0. The highest BCUT2D eigenvalue weighted by Crippen LogP contribution is 2.16. The molecule has 5 nitrogen and oxygen atoms in total. The Kier molecular flexibility index (Phi) is 8.97. The molecule has 2 N–H and O–H groups in total. The average Bonchev–Trinajstić information content (AvgIpc) is 2.34. The summed E-state index contributed by atoms with van der Waals surface area (Å²) >= 11 is 0. The van der Waals surface area contributed by atoms with E-state index in [2.05, 4.69) is 24.1 Å². The summed E-state index contributed by atoms with van der Waals surface area (Å²) in [6, 6.07) is 0.200. The van der Waals surface area contributed by atoms with Gasteiger partial charge < -0.3 is 15.2 Å². The third-order valence-electron chi connectivity index (χ3n) is 3.50. The second-order valence-corrected chi connectivity index (χ2v) is 5.05. The first kappa shape index (κ1) is 18.4. The van der Waals surface area contributed by atoms with E-state index in [0.29, 0.717) is 19.6 Å². The van der Waals surface area contributed by atoms with Crippen LogP contribution in [-0.4, -0.2) is 60.4 Å². The van der Waals surface area contributed by atoms with Gasteiger partial charge in [0.2, 0.25) is 0 Å². The number of nitrogens with one attached hydrogen (secondary N) is 1. The highest BCUT2D eigenvalue weighted by atomic mass is 16.5. The van der Waals surface area contributed by atoms with Crippen molar-refractivity contribution in [3.05, 3.63) is 0 Å². The standard InChI is InChI=1S/C14H30N2O3/c1-6-15-14(5,13(17)18)11-12(4)16(7-2)9-10-19-8-3/h12,15H,6-11H2,1-5H3,(H,17,18). The average molecular weight is 274 g/mol. The van der Waals surface area contributed by atoms with Crippen molar-refractivity contribution in [1.82, 2.24) is 10.2 Å². The summed E-state index contributed by atoms with van der Waals surface area (Å²) < 4.78 is 5.37. The maximum absolute atomic E-state index is 11.4. The number of nitrogens with zero attached hydrogens (tertiary/aromatic N) is 1. The molecule has 0 amide bonds. The van der Waals surface area contributed by atoms with Crippen LogP contribution >= 0.6 is 0 Å². The first-order valence-electron chi connectivity index (χ1n) is 7.21. The third kappa shape index (κ3) is 6.36. The minimum absolute atomic E-state index is 0.200. The summed E-state index contributed by atoms with van der Waals surface area (Å²) in [7, 11) is 0. The number of hydrogen-bond acceptors (Lipinski definition) is 4. The van der Waals surface area contributed by atoms with E-state index < -0.39 is 11.5 Å². The molecule has 0 bridgehead atoms. The minimum Gasteiger partial charge on any atom is -0.480 e. The van der Waals surface area contributed by atoms with Gasteiger partial charge in [-0.05, 0) is 40.3 Å². The number of carbonyl (C=O) groups is 1. The second-order valence-electron chi connectivity index (χ2n) is 5.05. The minimum atomic E-state index is -0.868. The molecular weight excluding hydrogens is 244 g/mol. The zero-order valence-electron chi connectivity index (χ0n) is 13.0. The lowest BCUT2D eigenvalue weighted by Gasteiger charge is -2.34. The van der Waals surface area contributed by atoms with Crippen molar-refractivity contribution in [3.63, 3.8) is 0 Å². The van der Waals surface area contributed by atoms with E-state index in [1.165, 1.54) is 0 Å². The fourth-order valence-corrected chi connectivity index (χ4v) is 2.36. The SMILES string of the molecule is CCNC(C)(CC(C)N(CC)CCOCC)C(=O)O. The van der Waals surface area contributed by atoms with Crippen LogP contribution in [0.1, 0.15) is 41.0 Å². The largest absolute Gasteiger partial charge is 0.480 e. The Morgan fingerprint density at radius 1 is 1.42 bits per heavy atom. The predicted molar refractivity (Wildman–Crippen MR) is 77.5 cm³/mol. The van der Waals surface area contributed by atoms with Crippen LogP contribution in [-0.2, 0) is 9.53 Å². The van der Waals surface area contributed by atoms with E-state index in [1.807, 2.05) is 13.8 Å². The lowest BCUT2D eigenvalue weighted by atomic mass is 9.93. The first-order valence-corrected chi connectivity index (χ1v) is 7.21. The van der Waals surface area contributed by atoms with Crippen molar-refractivity contribution in [2.24, 2.45) is 0 Å². The van der Waals surface area contributed by atoms with E-state index in [-0.39, 0.29) is 6.04 Å². The van der Waals surface area contributed by atoms with Crippen molar-refractivity contribution in [2.45, 2.75) is 52.6 Å². The molecule has 5 heteroatoms. The van der Waals surface area contributed by atoms with E-state index >= 15 is 0 Å². The third-order valence-corrected chi connectivity index (χ3v) is 3.50. The molecule has 0 aromatic rings. The van der Waals surface area contributed by atoms with Crippen molar-refractivity contribution >= 4 is 5.97 Å². The van der Waals surface area contributed by atoms with Crippen LogP contribution in [0.3, 0.4) is 0 Å². The van der Waals surface area contributed by atoms with Gasteiger partial charge in [0, 0.05) is 19.2 Å². The van der Waals surface area contributed by atoms with Gasteiger partial charge in [0.1, 0.15) is 5.54 Å².